The van der Waals surface area contributed by atoms with E-state index in [0.29, 0.717) is 17.5 Å². The topological polar surface area (TPSA) is 49.8 Å². The number of aromatic nitrogens is 2. The highest BCUT2D eigenvalue weighted by Gasteiger charge is 1.95. The Morgan fingerprint density at radius 1 is 1.62 bits per heavy atom. The molecule has 68 valence electrons. The fourth-order valence-corrected chi connectivity index (χ4v) is 0.877. The molecule has 0 saturated heterocycles. The van der Waals surface area contributed by atoms with E-state index in [2.05, 4.69) is 27.2 Å². The quantitative estimate of drug-likeness (QED) is 0.554. The lowest BCUT2D eigenvalue weighted by atomic mass is 10.6. The van der Waals surface area contributed by atoms with Gasteiger partial charge in [0, 0.05) is 18.9 Å². The summed E-state index contributed by atoms with van der Waals surface area (Å²) in [5.41, 5.74) is 0. The highest BCUT2D eigenvalue weighted by atomic mass is 32.1. The molecule has 1 rings (SSSR count). The molecule has 1 aromatic rings. The second-order valence-electron chi connectivity index (χ2n) is 2.21. The maximum atomic E-state index is 4.96. The fraction of sp³-hybridized carbons (Fsp3) is 0.125. The van der Waals surface area contributed by atoms with Crippen LogP contribution in [0.25, 0.3) is 0 Å². The molecule has 1 aromatic heterocycles. The van der Waals surface area contributed by atoms with Crippen molar-refractivity contribution in [1.82, 2.24) is 15.3 Å². The standard InChI is InChI=1S/C8H10N4S/c1-2-3-11-8(13)12-7-6-9-4-5-10-7/h2,4-6H,1,3H2,(H2,10,11,12,13). The van der Waals surface area contributed by atoms with E-state index in [1.54, 1.807) is 24.7 Å². The predicted molar refractivity (Wildman–Crippen MR) is 56.5 cm³/mol. The van der Waals surface area contributed by atoms with Crippen LogP contribution in [0.2, 0.25) is 0 Å². The van der Waals surface area contributed by atoms with E-state index in [1.165, 1.54) is 0 Å². The van der Waals surface area contributed by atoms with Crippen molar-refractivity contribution in [3.63, 3.8) is 0 Å². The maximum Gasteiger partial charge on any atom is 0.172 e. The minimum atomic E-state index is 0.514. The van der Waals surface area contributed by atoms with Crippen LogP contribution < -0.4 is 10.6 Å². The maximum absolute atomic E-state index is 4.96. The van der Waals surface area contributed by atoms with Crippen molar-refractivity contribution in [1.29, 1.82) is 0 Å². The van der Waals surface area contributed by atoms with E-state index in [0.717, 1.165) is 0 Å². The van der Waals surface area contributed by atoms with Crippen molar-refractivity contribution in [2.45, 2.75) is 0 Å². The van der Waals surface area contributed by atoms with Gasteiger partial charge in [-0.25, -0.2) is 4.98 Å². The Bertz CT molecular complexity index is 285. The SMILES string of the molecule is C=CCNC(=S)Nc1cnccn1. The lowest BCUT2D eigenvalue weighted by Gasteiger charge is -2.06. The van der Waals surface area contributed by atoms with Crippen LogP contribution in [0.5, 0.6) is 0 Å². The Labute approximate surface area is 82.1 Å². The lowest BCUT2D eigenvalue weighted by Crippen LogP contribution is -2.28. The summed E-state index contributed by atoms with van der Waals surface area (Å²) in [7, 11) is 0. The van der Waals surface area contributed by atoms with Gasteiger partial charge in [0.05, 0.1) is 6.20 Å². The van der Waals surface area contributed by atoms with Crippen LogP contribution in [0, 0.1) is 0 Å². The van der Waals surface area contributed by atoms with Crippen LogP contribution in [0.1, 0.15) is 0 Å². The number of hydrogen-bond acceptors (Lipinski definition) is 3. The van der Waals surface area contributed by atoms with Crippen LogP contribution >= 0.6 is 12.2 Å². The molecule has 0 amide bonds. The summed E-state index contributed by atoms with van der Waals surface area (Å²) in [4.78, 5) is 7.89. The molecule has 0 radical (unpaired) electrons. The first-order valence-corrected chi connectivity index (χ1v) is 4.15. The zero-order valence-electron chi connectivity index (χ0n) is 7.03. The minimum Gasteiger partial charge on any atom is -0.359 e. The summed E-state index contributed by atoms with van der Waals surface area (Å²) in [6.45, 7) is 4.19. The number of hydrogen-bond donors (Lipinski definition) is 2. The predicted octanol–water partition coefficient (Wildman–Crippen LogP) is 0.949. The van der Waals surface area contributed by atoms with Crippen molar-refractivity contribution in [3.05, 3.63) is 31.2 Å². The van der Waals surface area contributed by atoms with Gasteiger partial charge in [0.2, 0.25) is 0 Å². The highest BCUT2D eigenvalue weighted by molar-refractivity contribution is 7.80. The molecule has 0 fully saturated rings. The van der Waals surface area contributed by atoms with E-state index in [-0.39, 0.29) is 0 Å². The zero-order valence-corrected chi connectivity index (χ0v) is 7.84. The smallest absolute Gasteiger partial charge is 0.172 e. The van der Waals surface area contributed by atoms with Gasteiger partial charge in [-0.15, -0.1) is 6.58 Å². The molecule has 1 heterocycles. The van der Waals surface area contributed by atoms with Crippen molar-refractivity contribution in [2.24, 2.45) is 0 Å². The first-order valence-electron chi connectivity index (χ1n) is 3.74. The number of nitrogens with zero attached hydrogens (tertiary/aromatic N) is 2. The molecule has 0 aromatic carbocycles. The monoisotopic (exact) mass is 194 g/mol. The summed E-state index contributed by atoms with van der Waals surface area (Å²) < 4.78 is 0. The van der Waals surface area contributed by atoms with E-state index in [4.69, 9.17) is 12.2 Å². The third-order valence-electron chi connectivity index (χ3n) is 1.21. The van der Waals surface area contributed by atoms with Gasteiger partial charge in [-0.05, 0) is 12.2 Å². The molecule has 5 heteroatoms. The van der Waals surface area contributed by atoms with E-state index >= 15 is 0 Å². The number of thiocarbonyl (C=S) groups is 1. The molecule has 0 unspecified atom stereocenters. The van der Waals surface area contributed by atoms with Crippen molar-refractivity contribution >= 4 is 23.1 Å². The van der Waals surface area contributed by atoms with Gasteiger partial charge < -0.3 is 10.6 Å². The molecule has 0 spiro atoms. The Kier molecular flexibility index (Phi) is 3.84. The molecule has 0 saturated carbocycles. The van der Waals surface area contributed by atoms with Gasteiger partial charge in [0.15, 0.2) is 10.9 Å². The third-order valence-corrected chi connectivity index (χ3v) is 1.46. The summed E-state index contributed by atoms with van der Waals surface area (Å²) in [6.07, 6.45) is 6.52. The van der Waals surface area contributed by atoms with Gasteiger partial charge in [0.1, 0.15) is 0 Å². The second-order valence-corrected chi connectivity index (χ2v) is 2.62. The minimum absolute atomic E-state index is 0.514. The average molecular weight is 194 g/mol. The van der Waals surface area contributed by atoms with Crippen LogP contribution in [0.3, 0.4) is 0 Å². The van der Waals surface area contributed by atoms with Crippen LogP contribution in [-0.2, 0) is 0 Å². The number of rotatable bonds is 3. The normalized spacial score (nSPS) is 8.92. The zero-order chi connectivity index (χ0) is 9.52. The average Bonchev–Trinajstić information content (AvgIpc) is 2.16. The van der Waals surface area contributed by atoms with Gasteiger partial charge in [0.25, 0.3) is 0 Å². The molecule has 0 aliphatic heterocycles. The molecule has 0 atom stereocenters. The molecule has 13 heavy (non-hydrogen) atoms. The molecule has 0 aliphatic carbocycles. The summed E-state index contributed by atoms with van der Waals surface area (Å²) in [5, 5.41) is 6.31. The second kappa shape index (κ2) is 5.21. The summed E-state index contributed by atoms with van der Waals surface area (Å²) in [6, 6.07) is 0. The molecular weight excluding hydrogens is 184 g/mol. The van der Waals surface area contributed by atoms with Gasteiger partial charge in [-0.1, -0.05) is 6.08 Å². The Morgan fingerprint density at radius 3 is 3.08 bits per heavy atom. The van der Waals surface area contributed by atoms with Gasteiger partial charge in [-0.2, -0.15) is 0 Å². The Morgan fingerprint density at radius 2 is 2.46 bits per heavy atom. The van der Waals surface area contributed by atoms with Crippen LogP contribution in [0.15, 0.2) is 31.2 Å². The van der Waals surface area contributed by atoms with Crippen molar-refractivity contribution in [3.8, 4) is 0 Å². The van der Waals surface area contributed by atoms with E-state index in [1.807, 2.05) is 0 Å². The largest absolute Gasteiger partial charge is 0.359 e. The van der Waals surface area contributed by atoms with E-state index in [9.17, 15) is 0 Å². The summed E-state index contributed by atoms with van der Waals surface area (Å²) in [5.74, 6) is 0.629. The van der Waals surface area contributed by atoms with Crippen molar-refractivity contribution < 1.29 is 0 Å². The third kappa shape index (κ3) is 3.62. The Balaban J connectivity index is 2.41. The highest BCUT2D eigenvalue weighted by Crippen LogP contribution is 1.95. The first kappa shape index (κ1) is 9.60. The van der Waals surface area contributed by atoms with Gasteiger partial charge in [-0.3, -0.25) is 4.98 Å². The summed E-state index contributed by atoms with van der Waals surface area (Å²) >= 11 is 4.96. The van der Waals surface area contributed by atoms with Crippen LogP contribution in [0.4, 0.5) is 5.82 Å². The molecular formula is C8H10N4S. The molecule has 4 nitrogen and oxygen atoms in total. The molecule has 0 aliphatic rings. The lowest BCUT2D eigenvalue weighted by molar-refractivity contribution is 1.06. The first-order chi connectivity index (χ1) is 6.33. The number of nitrogens with one attached hydrogen (secondary N) is 2. The Hall–Kier alpha value is -1.49. The van der Waals surface area contributed by atoms with Crippen molar-refractivity contribution in [2.75, 3.05) is 11.9 Å². The van der Waals surface area contributed by atoms with E-state index < -0.39 is 0 Å². The van der Waals surface area contributed by atoms with Crippen LogP contribution in [-0.4, -0.2) is 21.6 Å². The van der Waals surface area contributed by atoms with Gasteiger partial charge >= 0.3 is 0 Å². The fourth-order valence-electron chi connectivity index (χ4n) is 0.689. The molecule has 2 N–H and O–H groups in total. The number of anilines is 1. The molecule has 0 bridgehead atoms.